The minimum absolute atomic E-state index is 0. The van der Waals surface area contributed by atoms with Gasteiger partial charge in [0.15, 0.2) is 8.32 Å². The van der Waals surface area contributed by atoms with Crippen molar-refractivity contribution in [2.75, 3.05) is 0 Å². The maximum Gasteiger partial charge on any atom is 1.00 e. The molecule has 1 fully saturated rings. The predicted octanol–water partition coefficient (Wildman–Crippen LogP) is -2.10. The third-order valence-corrected chi connectivity index (χ3v) is 9.27. The van der Waals surface area contributed by atoms with Gasteiger partial charge in [-0.3, -0.25) is 4.79 Å². The van der Waals surface area contributed by atoms with E-state index in [0.717, 1.165) is 0 Å². The summed E-state index contributed by atoms with van der Waals surface area (Å²) in [5.41, 5.74) is 0. The van der Waals surface area contributed by atoms with E-state index < -0.39 is 32.2 Å². The summed E-state index contributed by atoms with van der Waals surface area (Å²) < 4.78 is 6.20. The fourth-order valence-electron chi connectivity index (χ4n) is 2.22. The van der Waals surface area contributed by atoms with Gasteiger partial charge < -0.3 is 19.6 Å². The van der Waals surface area contributed by atoms with Crippen LogP contribution in [0, 0.1) is 11.8 Å². The smallest absolute Gasteiger partial charge is 0.550 e. The monoisotopic (exact) mass is 307 g/mol. The normalized spacial score (nSPS) is 25.2. The number of carboxylic acids is 1. The van der Waals surface area contributed by atoms with Gasteiger partial charge in [-0.15, -0.1) is 0 Å². The van der Waals surface area contributed by atoms with Gasteiger partial charge in [0.05, 0.1) is 18.1 Å². The Labute approximate surface area is 140 Å². The number of aliphatic carboxylic acids is 1. The van der Waals surface area contributed by atoms with E-state index in [1.165, 1.54) is 0 Å². The molecule has 1 saturated heterocycles. The Bertz CT molecular complexity index is 408. The van der Waals surface area contributed by atoms with Crippen LogP contribution in [0.3, 0.4) is 0 Å². The number of rotatable bonds is 5. The van der Waals surface area contributed by atoms with Crippen LogP contribution in [-0.4, -0.2) is 32.3 Å². The quantitative estimate of drug-likeness (QED) is 0.466. The molecule has 0 bridgehead atoms. The minimum Gasteiger partial charge on any atom is -0.550 e. The van der Waals surface area contributed by atoms with Crippen LogP contribution in [0.1, 0.15) is 34.6 Å². The van der Waals surface area contributed by atoms with Crippen molar-refractivity contribution in [3.05, 3.63) is 0 Å². The number of hydrogen-bond donors (Lipinski definition) is 1. The van der Waals surface area contributed by atoms with Gasteiger partial charge in [0, 0.05) is 11.9 Å². The number of β-lactam (4-membered cyclic amide) rings is 1. The molecule has 5 nitrogen and oxygen atoms in total. The van der Waals surface area contributed by atoms with E-state index in [9.17, 15) is 14.7 Å². The van der Waals surface area contributed by atoms with Crippen LogP contribution in [0.5, 0.6) is 0 Å². The molecule has 0 aliphatic carbocycles. The first-order valence-corrected chi connectivity index (χ1v) is 9.98. The molecule has 1 N–H and O–H groups in total. The topological polar surface area (TPSA) is 78.5 Å². The Hall–Kier alpha value is -0.286. The Balaban J connectivity index is 0.00000400. The molecule has 0 radical (unpaired) electrons. The summed E-state index contributed by atoms with van der Waals surface area (Å²) >= 11 is 0. The first-order valence-electron chi connectivity index (χ1n) is 7.07. The number of carbonyl (C=O) groups excluding carboxylic acids is 2. The fraction of sp³-hybridized carbons (Fsp3) is 0.857. The van der Waals surface area contributed by atoms with Crippen molar-refractivity contribution in [3.63, 3.8) is 0 Å². The molecule has 116 valence electrons. The van der Waals surface area contributed by atoms with Gasteiger partial charge in [0.25, 0.3) is 0 Å². The summed E-state index contributed by atoms with van der Waals surface area (Å²) in [5, 5.41) is 13.7. The molecule has 1 aliphatic rings. The molecule has 0 aromatic carbocycles. The van der Waals surface area contributed by atoms with Crippen molar-refractivity contribution in [1.82, 2.24) is 5.32 Å². The molecule has 21 heavy (non-hydrogen) atoms. The summed E-state index contributed by atoms with van der Waals surface area (Å²) in [7, 11) is -1.98. The second-order valence-electron chi connectivity index (χ2n) is 7.25. The van der Waals surface area contributed by atoms with E-state index >= 15 is 0 Å². The Morgan fingerprint density at radius 3 is 2.14 bits per heavy atom. The number of amides is 1. The largest absolute Gasteiger partial charge is 1.00 e. The van der Waals surface area contributed by atoms with Crippen molar-refractivity contribution in [2.45, 2.75) is 64.9 Å². The van der Waals surface area contributed by atoms with E-state index in [4.69, 9.17) is 4.43 Å². The maximum absolute atomic E-state index is 11.8. The fourth-order valence-corrected chi connectivity index (χ4v) is 3.65. The minimum atomic E-state index is -1.98. The van der Waals surface area contributed by atoms with Gasteiger partial charge in [0.1, 0.15) is 0 Å². The second kappa shape index (κ2) is 6.86. The average Bonchev–Trinajstić information content (AvgIpc) is 2.21. The molecular weight excluding hydrogens is 281 g/mol. The summed E-state index contributed by atoms with van der Waals surface area (Å²) in [6, 6.07) is -0.396. The predicted molar refractivity (Wildman–Crippen MR) is 77.3 cm³/mol. The van der Waals surface area contributed by atoms with E-state index in [0.29, 0.717) is 0 Å². The van der Waals surface area contributed by atoms with Crippen LogP contribution in [-0.2, 0) is 14.0 Å². The first kappa shape index (κ1) is 20.7. The summed E-state index contributed by atoms with van der Waals surface area (Å²) in [4.78, 5) is 22.7. The molecule has 1 amide bonds. The molecule has 4 atom stereocenters. The molecule has 0 aromatic heterocycles. The Morgan fingerprint density at radius 2 is 1.81 bits per heavy atom. The molecular formula is C14H26LiNO4Si. The summed E-state index contributed by atoms with van der Waals surface area (Å²) in [6.07, 6.45) is -0.281. The van der Waals surface area contributed by atoms with Crippen LogP contribution >= 0.6 is 0 Å². The third-order valence-electron chi connectivity index (χ3n) is 4.70. The molecule has 1 rings (SSSR count). The number of nitrogens with one attached hydrogen (secondary N) is 1. The van der Waals surface area contributed by atoms with Crippen LogP contribution in [0.25, 0.3) is 0 Å². The van der Waals surface area contributed by atoms with Gasteiger partial charge in [-0.25, -0.2) is 0 Å². The zero-order chi connectivity index (χ0) is 15.9. The third kappa shape index (κ3) is 4.35. The van der Waals surface area contributed by atoms with Crippen molar-refractivity contribution in [3.8, 4) is 0 Å². The van der Waals surface area contributed by atoms with Gasteiger partial charge in [-0.05, 0) is 25.1 Å². The number of carboxylic acid groups (broad SMARTS) is 1. The van der Waals surface area contributed by atoms with Crippen LogP contribution < -0.4 is 29.3 Å². The zero-order valence-corrected chi connectivity index (χ0v) is 15.4. The van der Waals surface area contributed by atoms with Gasteiger partial charge in [-0.1, -0.05) is 27.7 Å². The second-order valence-corrected chi connectivity index (χ2v) is 12.0. The van der Waals surface area contributed by atoms with Gasteiger partial charge in [0.2, 0.25) is 5.91 Å². The molecule has 1 heterocycles. The van der Waals surface area contributed by atoms with Crippen LogP contribution in [0.4, 0.5) is 0 Å². The average molecular weight is 307 g/mol. The van der Waals surface area contributed by atoms with E-state index in [1.807, 2.05) is 6.92 Å². The van der Waals surface area contributed by atoms with E-state index in [2.05, 4.69) is 39.2 Å². The summed E-state index contributed by atoms with van der Waals surface area (Å²) in [6.45, 7) is 14.1. The van der Waals surface area contributed by atoms with Crippen LogP contribution in [0.2, 0.25) is 18.1 Å². The van der Waals surface area contributed by atoms with Gasteiger partial charge >= 0.3 is 18.9 Å². The van der Waals surface area contributed by atoms with Gasteiger partial charge in [-0.2, -0.15) is 0 Å². The summed E-state index contributed by atoms with van der Waals surface area (Å²) in [5.74, 6) is -2.38. The van der Waals surface area contributed by atoms with Crippen molar-refractivity contribution in [1.29, 1.82) is 0 Å². The molecule has 1 aliphatic heterocycles. The molecule has 7 heteroatoms. The Kier molecular flexibility index (Phi) is 6.77. The van der Waals surface area contributed by atoms with E-state index in [1.54, 1.807) is 6.92 Å². The van der Waals surface area contributed by atoms with Crippen LogP contribution in [0.15, 0.2) is 0 Å². The van der Waals surface area contributed by atoms with Crippen molar-refractivity contribution < 1.29 is 38.0 Å². The maximum atomic E-state index is 11.8. The molecule has 0 spiro atoms. The number of carbonyl (C=O) groups is 2. The molecule has 0 aromatic rings. The SMILES string of the molecule is C[C@@H](O[Si](C)(C)C(C)(C)C)[C@@H]1C(=O)N[C@@H]1[C@@H](C)C(=O)[O-].[Li+]. The first-order chi connectivity index (χ1) is 8.88. The molecule has 0 saturated carbocycles. The zero-order valence-electron chi connectivity index (χ0n) is 14.4. The Morgan fingerprint density at radius 1 is 1.33 bits per heavy atom. The van der Waals surface area contributed by atoms with Crippen molar-refractivity contribution in [2.24, 2.45) is 11.8 Å². The number of hydrogen-bond acceptors (Lipinski definition) is 4. The standard InChI is InChI=1S/C14H27NO4Si.Li/c1-8(13(17)18)11-10(12(16)15-11)9(2)19-20(6,7)14(3,4)5;/h8-11H,1-7H3,(H,15,16)(H,17,18);/q;+1/p-1/t8-,9-,10+,11-;/m1./s1. The molecule has 0 unspecified atom stereocenters. The van der Waals surface area contributed by atoms with Crippen molar-refractivity contribution >= 4 is 20.2 Å². The van der Waals surface area contributed by atoms with E-state index in [-0.39, 0.29) is 35.9 Å².